The van der Waals surface area contributed by atoms with Gasteiger partial charge in [0.2, 0.25) is 0 Å². The summed E-state index contributed by atoms with van der Waals surface area (Å²) in [6.07, 6.45) is 82.3. The van der Waals surface area contributed by atoms with Gasteiger partial charge in [0.15, 0.2) is 0 Å². The van der Waals surface area contributed by atoms with Gasteiger partial charge in [-0.1, -0.05) is 448 Å². The summed E-state index contributed by atoms with van der Waals surface area (Å²) in [4.78, 5) is 36.8. The molecule has 6 nitrogen and oxygen atoms in total. The first-order chi connectivity index (χ1) is 43.9. The van der Waals surface area contributed by atoms with Gasteiger partial charge in [0.25, 0.3) is 0 Å². The molecule has 7 heteroatoms. The van der Waals surface area contributed by atoms with Gasteiger partial charge in [-0.15, -0.1) is 0 Å². The molecule has 0 spiro atoms. The fourth-order valence-electron chi connectivity index (χ4n) is 14.3. The van der Waals surface area contributed by atoms with Crippen molar-refractivity contribution in [2.45, 2.75) is 505 Å². The van der Waals surface area contributed by atoms with Crippen molar-refractivity contribution in [2.75, 3.05) is 0 Å². The molecule has 0 atom stereocenters. The van der Waals surface area contributed by atoms with E-state index in [1.54, 1.807) is 0 Å². The van der Waals surface area contributed by atoms with Gasteiger partial charge >= 0.3 is 24.4 Å². The van der Waals surface area contributed by atoms with Crippen LogP contribution < -0.4 is 15.3 Å². The van der Waals surface area contributed by atoms with Crippen molar-refractivity contribution in [3.63, 3.8) is 0 Å². The third-order valence-corrected chi connectivity index (χ3v) is 20.9. The summed E-state index contributed by atoms with van der Waals surface area (Å²) < 4.78 is 0. The van der Waals surface area contributed by atoms with Crippen LogP contribution in [0.3, 0.4) is 0 Å². The summed E-state index contributed by atoms with van der Waals surface area (Å²) in [6, 6.07) is 0. The average Bonchev–Trinajstić information content (AvgIpc) is 2.34. The van der Waals surface area contributed by atoms with Crippen LogP contribution in [-0.2, 0) is 14.4 Å². The Hall–Kier alpha value is -0.772. The predicted octanol–water partition coefficient (Wildman–Crippen LogP) is 25.9. The zero-order chi connectivity index (χ0) is 67.0. The number of unbranched alkanes of at least 4 members (excludes halogenated alkanes) is 51. The van der Waals surface area contributed by atoms with Crippen molar-refractivity contribution in [1.82, 2.24) is 0 Å². The Balaban J connectivity index is -0.000000620. The summed E-state index contributed by atoms with van der Waals surface area (Å²) >= 11 is 0. The SMILES string of the molecule is CCCCCCCCCCC(CCCCCCCC)(CCCCCCCC)C(=O)[O-].CCCCCCCCCCC(CCCCCCCC)(CCCCCCCC)C(=O)[O-].CCCCCCCCCCC(CCCCCCCC)(CCCCCCCC)C(=O)[O-].[Sb+3]. The van der Waals surface area contributed by atoms with E-state index in [0.29, 0.717) is 0 Å². The molecule has 0 heterocycles. The second-order valence-electron chi connectivity index (χ2n) is 29.5. The maximum atomic E-state index is 12.3. The van der Waals surface area contributed by atoms with Crippen molar-refractivity contribution in [3.05, 3.63) is 0 Å². The minimum Gasteiger partial charge on any atom is -0.550 e. The molecule has 542 valence electrons. The third kappa shape index (κ3) is 62.5. The van der Waals surface area contributed by atoms with Crippen molar-refractivity contribution in [2.24, 2.45) is 16.2 Å². The maximum Gasteiger partial charge on any atom is 3.00 e. The molecular formula is C84H165O6Sb. The van der Waals surface area contributed by atoms with Crippen molar-refractivity contribution in [1.29, 1.82) is 0 Å². The van der Waals surface area contributed by atoms with Crippen LogP contribution in [0.5, 0.6) is 0 Å². The van der Waals surface area contributed by atoms with E-state index in [2.05, 4.69) is 62.3 Å². The molecule has 0 aromatic carbocycles. The molecule has 0 N–H and O–H groups in total. The number of aliphatic carboxylic acids is 3. The molecule has 0 aliphatic heterocycles. The van der Waals surface area contributed by atoms with Crippen LogP contribution >= 0.6 is 0 Å². The largest absolute Gasteiger partial charge is 3.00 e. The summed E-state index contributed by atoms with van der Waals surface area (Å²) in [5.41, 5.74) is -1.67. The molecule has 0 aliphatic rings. The number of carboxylic acids is 3. The summed E-state index contributed by atoms with van der Waals surface area (Å²) in [5.74, 6) is -2.27. The quantitative estimate of drug-likeness (QED) is 0.0442. The second-order valence-corrected chi connectivity index (χ2v) is 29.5. The first kappa shape index (κ1) is 96.6. The number of carbonyl (C=O) groups excluding carboxylic acids is 3. The summed E-state index contributed by atoms with van der Waals surface area (Å²) in [7, 11) is 0. The average molecular weight is 1390 g/mol. The zero-order valence-electron chi connectivity index (χ0n) is 63.7. The van der Waals surface area contributed by atoms with Gasteiger partial charge in [-0.2, -0.15) is 0 Å². The van der Waals surface area contributed by atoms with E-state index >= 15 is 0 Å². The molecule has 0 aromatic rings. The molecule has 2 radical (unpaired) electrons. The fourth-order valence-corrected chi connectivity index (χ4v) is 14.3. The fraction of sp³-hybridized carbons (Fsp3) is 0.964. The molecule has 0 unspecified atom stereocenters. The van der Waals surface area contributed by atoms with Crippen LogP contribution in [0.15, 0.2) is 0 Å². The van der Waals surface area contributed by atoms with E-state index in [4.69, 9.17) is 0 Å². The van der Waals surface area contributed by atoms with E-state index in [9.17, 15) is 29.7 Å². The number of carboxylic acid groups (broad SMARTS) is 3. The van der Waals surface area contributed by atoms with Gasteiger partial charge < -0.3 is 29.7 Å². The Morgan fingerprint density at radius 1 is 0.165 bits per heavy atom. The number of hydrogen-bond acceptors (Lipinski definition) is 6. The van der Waals surface area contributed by atoms with E-state index in [0.717, 1.165) is 116 Å². The Morgan fingerprint density at radius 2 is 0.242 bits per heavy atom. The van der Waals surface area contributed by atoms with Crippen LogP contribution in [0, 0.1) is 16.2 Å². The van der Waals surface area contributed by atoms with Gasteiger partial charge in [-0.3, -0.25) is 0 Å². The zero-order valence-corrected chi connectivity index (χ0v) is 66.2. The van der Waals surface area contributed by atoms with Crippen molar-refractivity contribution >= 4 is 42.3 Å². The van der Waals surface area contributed by atoms with Gasteiger partial charge in [0.1, 0.15) is 0 Å². The van der Waals surface area contributed by atoms with E-state index in [-0.39, 0.29) is 24.4 Å². The molecule has 0 aliphatic carbocycles. The van der Waals surface area contributed by atoms with E-state index < -0.39 is 34.2 Å². The minimum atomic E-state index is -0.757. The third-order valence-electron chi connectivity index (χ3n) is 20.9. The van der Waals surface area contributed by atoms with E-state index in [1.807, 2.05) is 0 Å². The smallest absolute Gasteiger partial charge is 0.550 e. The van der Waals surface area contributed by atoms with Crippen LogP contribution in [-0.4, -0.2) is 42.3 Å². The molecule has 0 aromatic heterocycles. The number of hydrogen-bond donors (Lipinski definition) is 0. The summed E-state index contributed by atoms with van der Waals surface area (Å²) in [5, 5.41) is 36.8. The van der Waals surface area contributed by atoms with Crippen LogP contribution in [0.25, 0.3) is 0 Å². The number of rotatable bonds is 72. The van der Waals surface area contributed by atoms with Crippen molar-refractivity contribution in [3.8, 4) is 0 Å². The number of carbonyl (C=O) groups is 3. The molecule has 91 heavy (non-hydrogen) atoms. The maximum absolute atomic E-state index is 12.3. The van der Waals surface area contributed by atoms with Crippen LogP contribution in [0.4, 0.5) is 0 Å². The van der Waals surface area contributed by atoms with Gasteiger partial charge in [0.05, 0.1) is 0 Å². The Morgan fingerprint density at radius 3 is 0.319 bits per heavy atom. The molecule has 0 rings (SSSR count). The van der Waals surface area contributed by atoms with Crippen molar-refractivity contribution < 1.29 is 29.7 Å². The first-order valence-electron chi connectivity index (χ1n) is 41.5. The van der Waals surface area contributed by atoms with Gasteiger partial charge in [0, 0.05) is 34.2 Å². The monoisotopic (exact) mass is 1390 g/mol. The van der Waals surface area contributed by atoms with Crippen LogP contribution in [0.1, 0.15) is 505 Å². The van der Waals surface area contributed by atoms with Crippen LogP contribution in [0.2, 0.25) is 0 Å². The van der Waals surface area contributed by atoms with Gasteiger partial charge in [-0.25, -0.2) is 0 Å². The first-order valence-corrected chi connectivity index (χ1v) is 41.5. The minimum absolute atomic E-state index is 0. The van der Waals surface area contributed by atoms with Gasteiger partial charge in [-0.05, 0) is 57.8 Å². The Bertz CT molecular complexity index is 1220. The predicted molar refractivity (Wildman–Crippen MR) is 398 cm³/mol. The normalized spacial score (nSPS) is 11.7. The molecular weight excluding hydrogens is 1230 g/mol. The Labute approximate surface area is 589 Å². The molecule has 0 amide bonds. The molecule has 0 saturated heterocycles. The Kier molecular flexibility index (Phi) is 81.3. The standard InChI is InChI=1S/3C28H56O2.Sb/c3*1-4-7-10-13-16-17-20-23-26-28(27(29)30,24-21-18-14-11-8-5-2)25-22-19-15-12-9-6-3;/h3*4-26H2,1-3H3,(H,29,30);/q;;;+3/p-3. The summed E-state index contributed by atoms with van der Waals surface area (Å²) in [6.45, 7) is 20.2. The second kappa shape index (κ2) is 76.6. The molecule has 0 fully saturated rings. The topological polar surface area (TPSA) is 120 Å². The molecule has 0 bridgehead atoms. The van der Waals surface area contributed by atoms with E-state index in [1.165, 1.54) is 327 Å². The molecule has 0 saturated carbocycles.